The van der Waals surface area contributed by atoms with E-state index in [0.29, 0.717) is 33.2 Å². The molecule has 198 valence electrons. The summed E-state index contributed by atoms with van der Waals surface area (Å²) in [5, 5.41) is 10.4. The molecule has 0 bridgehead atoms. The molecule has 1 aliphatic heterocycles. The molecule has 0 unspecified atom stereocenters. The maximum Gasteiger partial charge on any atom is 0.234 e. The number of ether oxygens (including phenoxy) is 1. The predicted molar refractivity (Wildman–Crippen MR) is 146 cm³/mol. The molecule has 3 aliphatic carbocycles. The fourth-order valence-corrected chi connectivity index (χ4v) is 7.12. The van der Waals surface area contributed by atoms with Crippen molar-refractivity contribution >= 4 is 39.3 Å². The molecule has 2 aromatic carbocycles. The van der Waals surface area contributed by atoms with Crippen molar-refractivity contribution in [3.05, 3.63) is 92.5 Å². The number of nitrogens with zero attached hydrogens (tertiary/aromatic N) is 1. The zero-order valence-electron chi connectivity index (χ0n) is 21.4. The second-order valence-corrected chi connectivity index (χ2v) is 11.4. The van der Waals surface area contributed by atoms with Crippen molar-refractivity contribution in [2.75, 3.05) is 7.11 Å². The average Bonchev–Trinajstić information content (AvgIpc) is 3.17. The summed E-state index contributed by atoms with van der Waals surface area (Å²) in [5.74, 6) is -2.89. The van der Waals surface area contributed by atoms with Gasteiger partial charge in [-0.15, -0.1) is 0 Å². The Labute approximate surface area is 234 Å². The van der Waals surface area contributed by atoms with Crippen LogP contribution in [-0.4, -0.2) is 40.5 Å². The first kappa shape index (κ1) is 25.5. The van der Waals surface area contributed by atoms with Crippen molar-refractivity contribution in [2.45, 2.75) is 32.2 Å². The number of likely N-dealkylation sites (tertiary alicyclic amines) is 1. The Balaban J connectivity index is 1.47. The lowest BCUT2D eigenvalue weighted by Crippen LogP contribution is -2.39. The van der Waals surface area contributed by atoms with Gasteiger partial charge in [-0.25, -0.2) is 0 Å². The predicted octanol–water partition coefficient (Wildman–Crippen LogP) is 4.79. The second kappa shape index (κ2) is 9.45. The van der Waals surface area contributed by atoms with Gasteiger partial charge in [0.1, 0.15) is 0 Å². The number of benzene rings is 2. The third kappa shape index (κ3) is 3.92. The van der Waals surface area contributed by atoms with Crippen LogP contribution in [0.1, 0.15) is 36.8 Å². The Kier molecular flexibility index (Phi) is 6.18. The highest BCUT2D eigenvalue weighted by Gasteiger charge is 2.56. The third-order valence-corrected chi connectivity index (χ3v) is 9.05. The second-order valence-electron chi connectivity index (χ2n) is 10.5. The highest BCUT2D eigenvalue weighted by Crippen LogP contribution is 2.56. The molecule has 1 N–H and O–H groups in total. The summed E-state index contributed by atoms with van der Waals surface area (Å²) in [6.07, 6.45) is 3.95. The summed E-state index contributed by atoms with van der Waals surface area (Å²) in [6, 6.07) is 12.8. The van der Waals surface area contributed by atoms with Crippen molar-refractivity contribution in [1.82, 2.24) is 4.90 Å². The molecule has 0 radical (unpaired) electrons. The molecular formula is C31H26BrNO6. The van der Waals surface area contributed by atoms with E-state index in [0.717, 1.165) is 11.1 Å². The highest BCUT2D eigenvalue weighted by atomic mass is 79.9. The van der Waals surface area contributed by atoms with Crippen LogP contribution in [-0.2, 0) is 25.7 Å². The first-order valence-electron chi connectivity index (χ1n) is 12.9. The van der Waals surface area contributed by atoms with Crippen LogP contribution in [0.25, 0.3) is 0 Å². The maximum atomic E-state index is 13.9. The molecule has 0 aromatic heterocycles. The number of halogens is 1. The van der Waals surface area contributed by atoms with Gasteiger partial charge < -0.3 is 9.84 Å². The van der Waals surface area contributed by atoms with Gasteiger partial charge in [0.15, 0.2) is 23.1 Å². The van der Waals surface area contributed by atoms with Gasteiger partial charge in [-0.1, -0.05) is 42.0 Å². The van der Waals surface area contributed by atoms with E-state index in [1.54, 1.807) is 19.1 Å². The minimum absolute atomic E-state index is 0.0737. The molecule has 1 fully saturated rings. The molecule has 39 heavy (non-hydrogen) atoms. The normalized spacial score (nSPS) is 26.2. The average molecular weight is 588 g/mol. The van der Waals surface area contributed by atoms with Crippen molar-refractivity contribution in [2.24, 2.45) is 17.8 Å². The van der Waals surface area contributed by atoms with Crippen LogP contribution in [0, 0.1) is 17.8 Å². The Bertz CT molecular complexity index is 1550. The Hall–Kier alpha value is -3.78. The van der Waals surface area contributed by atoms with E-state index < -0.39 is 23.7 Å². The number of methoxy groups -OCH3 is 1. The number of fused-ring (bicyclic) bond motifs is 3. The highest BCUT2D eigenvalue weighted by molar-refractivity contribution is 9.10. The van der Waals surface area contributed by atoms with Crippen LogP contribution >= 0.6 is 15.9 Å². The van der Waals surface area contributed by atoms with Gasteiger partial charge in [0, 0.05) is 22.6 Å². The van der Waals surface area contributed by atoms with Gasteiger partial charge in [0.05, 0.1) is 30.0 Å². The van der Waals surface area contributed by atoms with Crippen LogP contribution < -0.4 is 4.74 Å². The van der Waals surface area contributed by atoms with Gasteiger partial charge in [0.25, 0.3) is 0 Å². The molecule has 8 heteroatoms. The van der Waals surface area contributed by atoms with Crippen molar-refractivity contribution in [3.8, 4) is 11.5 Å². The standard InChI is InChI=1S/C31H26BrNO6/c1-15-10-23(34)27-21(28(15)35)13-20-18(25(27)17-11-22(32)29(36)24(12-17)39-2)8-9-19-26(20)31(38)33(30(19)37)14-16-6-4-3-5-7-16/h3-8,10-12,19-20,25-26,36H,9,13-14H2,1-2H3/t19-,20+,25-,26-/m0/s1. The number of hydrogen-bond donors (Lipinski definition) is 1. The largest absolute Gasteiger partial charge is 0.503 e. The molecule has 6 rings (SSSR count). The summed E-state index contributed by atoms with van der Waals surface area (Å²) in [4.78, 5) is 55.5. The minimum Gasteiger partial charge on any atom is -0.503 e. The maximum absolute atomic E-state index is 13.9. The molecule has 4 atom stereocenters. The van der Waals surface area contributed by atoms with Crippen LogP contribution in [0.15, 0.2) is 81.4 Å². The number of ketones is 2. The van der Waals surface area contributed by atoms with Crippen LogP contribution in [0.3, 0.4) is 0 Å². The number of carbonyl (C=O) groups is 4. The monoisotopic (exact) mass is 587 g/mol. The topological polar surface area (TPSA) is 101 Å². The molecule has 4 aliphatic rings. The number of amides is 2. The quantitative estimate of drug-likeness (QED) is 0.313. The summed E-state index contributed by atoms with van der Waals surface area (Å²) < 4.78 is 5.77. The van der Waals surface area contributed by atoms with E-state index >= 15 is 0 Å². The lowest BCUT2D eigenvalue weighted by molar-refractivity contribution is -0.140. The van der Waals surface area contributed by atoms with Crippen LogP contribution in [0.4, 0.5) is 0 Å². The zero-order valence-corrected chi connectivity index (χ0v) is 23.0. The Morgan fingerprint density at radius 2 is 1.79 bits per heavy atom. The van der Waals surface area contributed by atoms with Gasteiger partial charge in [-0.05, 0) is 70.9 Å². The fraction of sp³-hybridized carbons (Fsp3) is 0.290. The number of imide groups is 1. The lowest BCUT2D eigenvalue weighted by atomic mass is 9.59. The smallest absolute Gasteiger partial charge is 0.234 e. The van der Waals surface area contributed by atoms with Crippen molar-refractivity contribution in [1.29, 1.82) is 0 Å². The molecule has 2 amide bonds. The molecular weight excluding hydrogens is 562 g/mol. The number of phenolic OH excluding ortho intramolecular Hbond substituents is 1. The van der Waals surface area contributed by atoms with E-state index in [1.807, 2.05) is 36.4 Å². The minimum atomic E-state index is -0.616. The molecule has 1 saturated heterocycles. The van der Waals surface area contributed by atoms with Crippen molar-refractivity contribution in [3.63, 3.8) is 0 Å². The van der Waals surface area contributed by atoms with E-state index in [4.69, 9.17) is 4.74 Å². The zero-order chi connectivity index (χ0) is 27.6. The number of phenols is 1. The summed E-state index contributed by atoms with van der Waals surface area (Å²) in [7, 11) is 1.44. The number of aromatic hydroxyl groups is 1. The molecule has 2 aromatic rings. The summed E-state index contributed by atoms with van der Waals surface area (Å²) in [6.45, 7) is 1.83. The molecule has 0 saturated carbocycles. The van der Waals surface area contributed by atoms with E-state index in [9.17, 15) is 24.3 Å². The molecule has 1 heterocycles. The van der Waals surface area contributed by atoms with Gasteiger partial charge in [-0.2, -0.15) is 0 Å². The van der Waals surface area contributed by atoms with E-state index in [-0.39, 0.29) is 47.8 Å². The first-order valence-corrected chi connectivity index (χ1v) is 13.7. The van der Waals surface area contributed by atoms with Gasteiger partial charge in [0.2, 0.25) is 11.8 Å². The Morgan fingerprint density at radius 1 is 1.05 bits per heavy atom. The number of Topliss-reactive ketones (excluding diaryl/α,β-unsaturated/α-hetero) is 1. The number of carbonyl (C=O) groups excluding carboxylic acids is 4. The molecule has 0 spiro atoms. The van der Waals surface area contributed by atoms with E-state index in [1.165, 1.54) is 18.1 Å². The van der Waals surface area contributed by atoms with Crippen molar-refractivity contribution < 1.29 is 29.0 Å². The van der Waals surface area contributed by atoms with Crippen LogP contribution in [0.5, 0.6) is 11.5 Å². The first-order chi connectivity index (χ1) is 18.7. The summed E-state index contributed by atoms with van der Waals surface area (Å²) in [5.41, 5.74) is 3.53. The van der Waals surface area contributed by atoms with Gasteiger partial charge >= 0.3 is 0 Å². The summed E-state index contributed by atoms with van der Waals surface area (Å²) >= 11 is 3.38. The Morgan fingerprint density at radius 3 is 2.51 bits per heavy atom. The molecule has 7 nitrogen and oxygen atoms in total. The van der Waals surface area contributed by atoms with Gasteiger partial charge in [-0.3, -0.25) is 24.1 Å². The lowest BCUT2D eigenvalue weighted by Gasteiger charge is -2.42. The van der Waals surface area contributed by atoms with E-state index in [2.05, 4.69) is 15.9 Å². The number of allylic oxidation sites excluding steroid dienone is 6. The number of hydrogen-bond acceptors (Lipinski definition) is 6. The SMILES string of the molecule is COc1cc([C@H]2C3=CC[C@@H]4C(=O)N(Cc5ccccc5)C(=O)[C@@H]4[C@@H]3CC3=C2C(=O)C=C(C)C3=O)cc(Br)c1O. The number of rotatable bonds is 4. The van der Waals surface area contributed by atoms with Crippen LogP contribution in [0.2, 0.25) is 0 Å². The fourth-order valence-electron chi connectivity index (χ4n) is 6.66. The third-order valence-electron chi connectivity index (χ3n) is 8.44.